The van der Waals surface area contributed by atoms with Gasteiger partial charge in [0.15, 0.2) is 0 Å². The maximum atomic E-state index is 13.0. The third-order valence-electron chi connectivity index (χ3n) is 5.50. The van der Waals surface area contributed by atoms with Gasteiger partial charge >= 0.3 is 5.97 Å². The van der Waals surface area contributed by atoms with Crippen LogP contribution in [0, 0.1) is 0 Å². The molecule has 166 valence electrons. The first-order valence-electron chi connectivity index (χ1n) is 10.1. The predicted octanol–water partition coefficient (Wildman–Crippen LogP) is 2.05. The summed E-state index contributed by atoms with van der Waals surface area (Å²) in [4.78, 5) is 38.4. The molecule has 0 spiro atoms. The number of amides is 2. The molecule has 2 amide bonds. The quantitative estimate of drug-likeness (QED) is 0.669. The van der Waals surface area contributed by atoms with Crippen LogP contribution >= 0.6 is 0 Å². The zero-order valence-corrected chi connectivity index (χ0v) is 17.8. The Bertz CT molecular complexity index is 1040. The van der Waals surface area contributed by atoms with Crippen LogP contribution in [0.5, 0.6) is 5.75 Å². The zero-order chi connectivity index (χ0) is 22.7. The highest BCUT2D eigenvalue weighted by Crippen LogP contribution is 2.31. The van der Waals surface area contributed by atoms with Crippen LogP contribution in [-0.2, 0) is 14.3 Å². The Morgan fingerprint density at radius 2 is 1.78 bits per heavy atom. The van der Waals surface area contributed by atoms with Crippen LogP contribution in [0.4, 0.5) is 5.69 Å². The van der Waals surface area contributed by atoms with Gasteiger partial charge in [-0.25, -0.2) is 10.2 Å². The van der Waals surface area contributed by atoms with Gasteiger partial charge in [0.25, 0.3) is 5.91 Å². The maximum absolute atomic E-state index is 13.0. The Balaban J connectivity index is 1.35. The van der Waals surface area contributed by atoms with E-state index in [9.17, 15) is 14.4 Å². The molecule has 2 atom stereocenters. The van der Waals surface area contributed by atoms with E-state index in [-0.39, 0.29) is 30.4 Å². The number of nitrogens with zero attached hydrogens (tertiary/aromatic N) is 2. The van der Waals surface area contributed by atoms with Crippen molar-refractivity contribution in [3.05, 3.63) is 72.1 Å². The fraction of sp³-hybridized carbons (Fsp3) is 0.261. The van der Waals surface area contributed by atoms with Crippen molar-refractivity contribution in [2.45, 2.75) is 18.5 Å². The molecule has 0 aromatic heterocycles. The standard InChI is InChI=1S/C23H24N4O5/c1-31-18-9-5-15(6-10-18)19-13-20-22(29)26(11-12-27(20)25-19)14-21(28)24-17-7-3-16(4-8-17)23(30)32-2/h3-12,19-20,25H,13-14H2,1-2H3,(H,24,28). The Kier molecular flexibility index (Phi) is 6.09. The van der Waals surface area contributed by atoms with E-state index < -0.39 is 5.97 Å². The highest BCUT2D eigenvalue weighted by molar-refractivity contribution is 5.96. The second kappa shape index (κ2) is 9.11. The predicted molar refractivity (Wildman–Crippen MR) is 116 cm³/mol. The SMILES string of the molecule is COC(=O)c1ccc(NC(=O)CN2C=CN3NC(c4ccc(OC)cc4)CC3C2=O)cc1. The van der Waals surface area contributed by atoms with E-state index in [0.717, 1.165) is 11.3 Å². The number of esters is 1. The molecule has 2 aromatic rings. The molecule has 2 heterocycles. The van der Waals surface area contributed by atoms with Crippen LogP contribution in [0.25, 0.3) is 0 Å². The number of anilines is 1. The molecule has 2 unspecified atom stereocenters. The third kappa shape index (κ3) is 4.42. The summed E-state index contributed by atoms with van der Waals surface area (Å²) in [5.41, 5.74) is 5.30. The lowest BCUT2D eigenvalue weighted by molar-refractivity contribution is -0.137. The van der Waals surface area contributed by atoms with Gasteiger partial charge in [-0.2, -0.15) is 0 Å². The van der Waals surface area contributed by atoms with Crippen molar-refractivity contribution in [1.82, 2.24) is 15.3 Å². The van der Waals surface area contributed by atoms with Gasteiger partial charge in [-0.3, -0.25) is 9.59 Å². The van der Waals surface area contributed by atoms with E-state index >= 15 is 0 Å². The monoisotopic (exact) mass is 436 g/mol. The summed E-state index contributed by atoms with van der Waals surface area (Å²) in [7, 11) is 2.93. The van der Waals surface area contributed by atoms with Gasteiger partial charge in [0.1, 0.15) is 18.3 Å². The second-order valence-electron chi connectivity index (χ2n) is 7.50. The van der Waals surface area contributed by atoms with Crippen molar-refractivity contribution < 1.29 is 23.9 Å². The highest BCUT2D eigenvalue weighted by atomic mass is 16.5. The number of ether oxygens (including phenoxy) is 2. The van der Waals surface area contributed by atoms with Crippen molar-refractivity contribution in [3.63, 3.8) is 0 Å². The van der Waals surface area contributed by atoms with Gasteiger partial charge in [-0.15, -0.1) is 0 Å². The van der Waals surface area contributed by atoms with Crippen molar-refractivity contribution in [1.29, 1.82) is 0 Å². The van der Waals surface area contributed by atoms with Crippen LogP contribution in [0.15, 0.2) is 60.9 Å². The van der Waals surface area contributed by atoms with Crippen molar-refractivity contribution in [2.24, 2.45) is 0 Å². The van der Waals surface area contributed by atoms with Crippen LogP contribution in [0.3, 0.4) is 0 Å². The summed E-state index contributed by atoms with van der Waals surface area (Å²) in [6.07, 6.45) is 3.96. The smallest absolute Gasteiger partial charge is 0.337 e. The normalized spacial score (nSPS) is 19.5. The molecule has 0 bridgehead atoms. The third-order valence-corrected chi connectivity index (χ3v) is 5.50. The van der Waals surface area contributed by atoms with E-state index in [1.165, 1.54) is 12.0 Å². The maximum Gasteiger partial charge on any atom is 0.337 e. The van der Waals surface area contributed by atoms with Crippen LogP contribution in [0.2, 0.25) is 0 Å². The van der Waals surface area contributed by atoms with E-state index in [0.29, 0.717) is 17.7 Å². The van der Waals surface area contributed by atoms with Crippen molar-refractivity contribution >= 4 is 23.5 Å². The Hall–Kier alpha value is -3.85. The summed E-state index contributed by atoms with van der Waals surface area (Å²) in [5.74, 6) is -0.153. The molecular formula is C23H24N4O5. The number of nitrogens with one attached hydrogen (secondary N) is 2. The summed E-state index contributed by atoms with van der Waals surface area (Å²) in [5, 5.41) is 4.53. The first-order valence-corrected chi connectivity index (χ1v) is 10.1. The van der Waals surface area contributed by atoms with E-state index in [4.69, 9.17) is 4.74 Å². The number of rotatable bonds is 6. The number of hydrogen-bond acceptors (Lipinski definition) is 7. The number of fused-ring (bicyclic) bond motifs is 1. The van der Waals surface area contributed by atoms with E-state index in [1.54, 1.807) is 48.8 Å². The second-order valence-corrected chi connectivity index (χ2v) is 7.50. The molecule has 9 heteroatoms. The van der Waals surface area contributed by atoms with Gasteiger partial charge in [-0.1, -0.05) is 12.1 Å². The van der Waals surface area contributed by atoms with Crippen molar-refractivity contribution in [2.75, 3.05) is 26.1 Å². The van der Waals surface area contributed by atoms with Gasteiger partial charge < -0.3 is 24.7 Å². The molecule has 2 aromatic carbocycles. The van der Waals surface area contributed by atoms with Gasteiger partial charge in [-0.05, 0) is 48.4 Å². The topological polar surface area (TPSA) is 100 Å². The minimum absolute atomic E-state index is 0.0124. The van der Waals surface area contributed by atoms with E-state index in [2.05, 4.69) is 15.5 Å². The summed E-state index contributed by atoms with van der Waals surface area (Å²) < 4.78 is 9.85. The lowest BCUT2D eigenvalue weighted by Gasteiger charge is -2.31. The van der Waals surface area contributed by atoms with Crippen LogP contribution in [-0.4, -0.2) is 54.5 Å². The molecule has 2 N–H and O–H groups in total. The molecule has 2 aliphatic rings. The average Bonchev–Trinajstić information content (AvgIpc) is 3.26. The number of methoxy groups -OCH3 is 2. The van der Waals surface area contributed by atoms with Crippen LogP contribution < -0.4 is 15.5 Å². The largest absolute Gasteiger partial charge is 0.497 e. The summed E-state index contributed by atoms with van der Waals surface area (Å²) >= 11 is 0. The van der Waals surface area contributed by atoms with Crippen molar-refractivity contribution in [3.8, 4) is 5.75 Å². The summed E-state index contributed by atoms with van der Waals surface area (Å²) in [6, 6.07) is 13.7. The minimum Gasteiger partial charge on any atom is -0.497 e. The molecule has 4 rings (SSSR count). The minimum atomic E-state index is -0.449. The number of carbonyl (C=O) groups excluding carboxylic acids is 3. The molecule has 2 aliphatic heterocycles. The Morgan fingerprint density at radius 3 is 2.44 bits per heavy atom. The molecule has 0 saturated carbocycles. The lowest BCUT2D eigenvalue weighted by atomic mass is 10.0. The molecule has 0 radical (unpaired) electrons. The lowest BCUT2D eigenvalue weighted by Crippen LogP contribution is -2.49. The molecule has 32 heavy (non-hydrogen) atoms. The fourth-order valence-corrected chi connectivity index (χ4v) is 3.78. The number of benzene rings is 2. The summed E-state index contributed by atoms with van der Waals surface area (Å²) in [6.45, 7) is -0.106. The number of hydrogen-bond donors (Lipinski definition) is 2. The van der Waals surface area contributed by atoms with E-state index in [1.807, 2.05) is 24.3 Å². The van der Waals surface area contributed by atoms with Crippen LogP contribution in [0.1, 0.15) is 28.4 Å². The fourth-order valence-electron chi connectivity index (χ4n) is 3.78. The molecule has 1 saturated heterocycles. The number of hydrazine groups is 1. The molecule has 0 aliphatic carbocycles. The van der Waals surface area contributed by atoms with Gasteiger partial charge in [0, 0.05) is 18.1 Å². The average molecular weight is 436 g/mol. The first-order chi connectivity index (χ1) is 15.5. The molecule has 1 fully saturated rings. The Labute approximate surface area is 185 Å². The van der Waals surface area contributed by atoms with Gasteiger partial charge in [0.05, 0.1) is 25.8 Å². The number of carbonyl (C=O) groups is 3. The Morgan fingerprint density at radius 1 is 1.06 bits per heavy atom. The highest BCUT2D eigenvalue weighted by Gasteiger charge is 2.40. The molecule has 9 nitrogen and oxygen atoms in total. The molecular weight excluding hydrogens is 412 g/mol. The zero-order valence-electron chi connectivity index (χ0n) is 17.8. The first kappa shape index (κ1) is 21.4. The van der Waals surface area contributed by atoms with Gasteiger partial charge in [0.2, 0.25) is 5.91 Å².